The first-order valence-corrected chi connectivity index (χ1v) is 6.43. The summed E-state index contributed by atoms with van der Waals surface area (Å²) in [6.07, 6.45) is 3.86. The SMILES string of the molecule is C1CC(OCCOCC2CCOC2)CCN1. The second-order valence-electron chi connectivity index (χ2n) is 4.62. The zero-order chi connectivity index (χ0) is 11.1. The Bertz CT molecular complexity index is 177. The van der Waals surface area contributed by atoms with Gasteiger partial charge in [0.25, 0.3) is 0 Å². The van der Waals surface area contributed by atoms with Gasteiger partial charge >= 0.3 is 0 Å². The molecule has 16 heavy (non-hydrogen) atoms. The van der Waals surface area contributed by atoms with Crippen molar-refractivity contribution >= 4 is 0 Å². The molecule has 2 rings (SSSR count). The lowest BCUT2D eigenvalue weighted by Crippen LogP contribution is -2.33. The van der Waals surface area contributed by atoms with Crippen LogP contribution in [0.3, 0.4) is 0 Å². The Hall–Kier alpha value is -0.160. The van der Waals surface area contributed by atoms with Crippen molar-refractivity contribution in [2.45, 2.75) is 25.4 Å². The van der Waals surface area contributed by atoms with Crippen LogP contribution in [0.15, 0.2) is 0 Å². The second-order valence-corrected chi connectivity index (χ2v) is 4.62. The fourth-order valence-corrected chi connectivity index (χ4v) is 2.20. The molecule has 0 spiro atoms. The van der Waals surface area contributed by atoms with Gasteiger partial charge in [0.05, 0.1) is 32.5 Å². The third kappa shape index (κ3) is 4.37. The summed E-state index contributed by atoms with van der Waals surface area (Å²) in [6, 6.07) is 0. The van der Waals surface area contributed by atoms with Crippen LogP contribution in [0, 0.1) is 5.92 Å². The molecule has 2 aliphatic rings. The van der Waals surface area contributed by atoms with Crippen LogP contribution in [0.5, 0.6) is 0 Å². The first-order valence-electron chi connectivity index (χ1n) is 6.43. The summed E-state index contributed by atoms with van der Waals surface area (Å²) in [5.41, 5.74) is 0. The molecule has 2 aliphatic heterocycles. The third-order valence-corrected chi connectivity index (χ3v) is 3.24. The summed E-state index contributed by atoms with van der Waals surface area (Å²) in [4.78, 5) is 0. The predicted molar refractivity (Wildman–Crippen MR) is 61.6 cm³/mol. The number of hydrogen-bond donors (Lipinski definition) is 1. The van der Waals surface area contributed by atoms with Crippen molar-refractivity contribution in [2.75, 3.05) is 46.1 Å². The number of piperidine rings is 1. The predicted octanol–water partition coefficient (Wildman–Crippen LogP) is 0.808. The van der Waals surface area contributed by atoms with Crippen LogP contribution in [0.4, 0.5) is 0 Å². The van der Waals surface area contributed by atoms with Gasteiger partial charge in [-0.05, 0) is 32.4 Å². The van der Waals surface area contributed by atoms with Gasteiger partial charge in [0.2, 0.25) is 0 Å². The Labute approximate surface area is 97.6 Å². The number of ether oxygens (including phenoxy) is 3. The quantitative estimate of drug-likeness (QED) is 0.684. The van der Waals surface area contributed by atoms with E-state index in [1.807, 2.05) is 0 Å². The van der Waals surface area contributed by atoms with Gasteiger partial charge in [-0.15, -0.1) is 0 Å². The Morgan fingerprint density at radius 1 is 1.12 bits per heavy atom. The van der Waals surface area contributed by atoms with Crippen LogP contribution >= 0.6 is 0 Å². The van der Waals surface area contributed by atoms with Crippen LogP contribution in [0.2, 0.25) is 0 Å². The van der Waals surface area contributed by atoms with Crippen molar-refractivity contribution in [3.05, 3.63) is 0 Å². The van der Waals surface area contributed by atoms with Crippen molar-refractivity contribution in [3.63, 3.8) is 0 Å². The lowest BCUT2D eigenvalue weighted by atomic mass is 10.1. The molecule has 0 radical (unpaired) electrons. The normalized spacial score (nSPS) is 27.4. The van der Waals surface area contributed by atoms with Gasteiger partial charge in [-0.2, -0.15) is 0 Å². The summed E-state index contributed by atoms with van der Waals surface area (Å²) in [5.74, 6) is 0.610. The Morgan fingerprint density at radius 2 is 2.00 bits per heavy atom. The summed E-state index contributed by atoms with van der Waals surface area (Å²) in [5, 5.41) is 3.33. The van der Waals surface area contributed by atoms with Crippen LogP contribution in [-0.2, 0) is 14.2 Å². The number of hydrogen-bond acceptors (Lipinski definition) is 4. The van der Waals surface area contributed by atoms with Gasteiger partial charge in [-0.1, -0.05) is 0 Å². The summed E-state index contributed by atoms with van der Waals surface area (Å²) >= 11 is 0. The Balaban J connectivity index is 1.42. The standard InChI is InChI=1S/C12H23NO3/c1-4-13-5-2-12(1)16-8-7-15-10-11-3-6-14-9-11/h11-13H,1-10H2. The summed E-state index contributed by atoms with van der Waals surface area (Å²) in [7, 11) is 0. The lowest BCUT2D eigenvalue weighted by molar-refractivity contribution is -0.0140. The van der Waals surface area contributed by atoms with E-state index >= 15 is 0 Å². The lowest BCUT2D eigenvalue weighted by Gasteiger charge is -2.22. The highest BCUT2D eigenvalue weighted by atomic mass is 16.5. The molecule has 2 heterocycles. The number of rotatable bonds is 6. The van der Waals surface area contributed by atoms with E-state index in [9.17, 15) is 0 Å². The van der Waals surface area contributed by atoms with Crippen molar-refractivity contribution in [2.24, 2.45) is 5.92 Å². The Morgan fingerprint density at radius 3 is 2.75 bits per heavy atom. The molecule has 4 nitrogen and oxygen atoms in total. The highest BCUT2D eigenvalue weighted by Gasteiger charge is 2.16. The largest absolute Gasteiger partial charge is 0.381 e. The average molecular weight is 229 g/mol. The average Bonchev–Trinajstić information content (AvgIpc) is 2.83. The molecule has 1 unspecified atom stereocenters. The van der Waals surface area contributed by atoms with Gasteiger partial charge < -0.3 is 19.5 Å². The molecule has 0 aliphatic carbocycles. The zero-order valence-electron chi connectivity index (χ0n) is 9.95. The first kappa shape index (κ1) is 12.3. The van der Waals surface area contributed by atoms with Crippen LogP contribution in [0.1, 0.15) is 19.3 Å². The van der Waals surface area contributed by atoms with Crippen molar-refractivity contribution in [1.82, 2.24) is 5.32 Å². The molecule has 0 aromatic rings. The van der Waals surface area contributed by atoms with Crippen LogP contribution < -0.4 is 5.32 Å². The summed E-state index contributed by atoms with van der Waals surface area (Å²) in [6.45, 7) is 6.24. The van der Waals surface area contributed by atoms with E-state index in [1.165, 1.54) is 0 Å². The van der Waals surface area contributed by atoms with E-state index in [1.54, 1.807) is 0 Å². The summed E-state index contributed by atoms with van der Waals surface area (Å²) < 4.78 is 16.6. The van der Waals surface area contributed by atoms with Crippen LogP contribution in [0.25, 0.3) is 0 Å². The molecule has 2 fully saturated rings. The maximum atomic E-state index is 5.75. The zero-order valence-corrected chi connectivity index (χ0v) is 9.95. The molecule has 0 aromatic carbocycles. The molecular formula is C12H23NO3. The number of nitrogens with one attached hydrogen (secondary N) is 1. The topological polar surface area (TPSA) is 39.7 Å². The molecule has 1 N–H and O–H groups in total. The van der Waals surface area contributed by atoms with E-state index in [4.69, 9.17) is 14.2 Å². The van der Waals surface area contributed by atoms with Crippen molar-refractivity contribution < 1.29 is 14.2 Å². The molecule has 1 atom stereocenters. The van der Waals surface area contributed by atoms with Crippen molar-refractivity contribution in [3.8, 4) is 0 Å². The van der Waals surface area contributed by atoms with Gasteiger partial charge in [-0.25, -0.2) is 0 Å². The smallest absolute Gasteiger partial charge is 0.0704 e. The van der Waals surface area contributed by atoms with E-state index in [0.717, 1.165) is 65.4 Å². The molecule has 0 bridgehead atoms. The third-order valence-electron chi connectivity index (χ3n) is 3.24. The minimum absolute atomic E-state index is 0.444. The van der Waals surface area contributed by atoms with E-state index in [0.29, 0.717) is 12.0 Å². The molecule has 4 heteroatoms. The Kier molecular flexibility index (Phi) is 5.55. The second kappa shape index (κ2) is 7.22. The minimum atomic E-state index is 0.444. The minimum Gasteiger partial charge on any atom is -0.381 e. The fraction of sp³-hybridized carbons (Fsp3) is 1.00. The molecular weight excluding hydrogens is 206 g/mol. The van der Waals surface area contributed by atoms with Gasteiger partial charge in [-0.3, -0.25) is 0 Å². The maximum absolute atomic E-state index is 5.75. The first-order chi connectivity index (χ1) is 7.95. The van der Waals surface area contributed by atoms with Crippen LogP contribution in [-0.4, -0.2) is 52.2 Å². The molecule has 0 saturated carbocycles. The highest BCUT2D eigenvalue weighted by molar-refractivity contribution is 4.68. The van der Waals surface area contributed by atoms with E-state index < -0.39 is 0 Å². The maximum Gasteiger partial charge on any atom is 0.0704 e. The van der Waals surface area contributed by atoms with Crippen molar-refractivity contribution in [1.29, 1.82) is 0 Å². The molecule has 0 aromatic heterocycles. The highest BCUT2D eigenvalue weighted by Crippen LogP contribution is 2.12. The van der Waals surface area contributed by atoms with E-state index in [-0.39, 0.29) is 0 Å². The van der Waals surface area contributed by atoms with Gasteiger partial charge in [0.15, 0.2) is 0 Å². The molecule has 94 valence electrons. The monoisotopic (exact) mass is 229 g/mol. The molecule has 2 saturated heterocycles. The molecule has 0 amide bonds. The van der Waals surface area contributed by atoms with E-state index in [2.05, 4.69) is 5.32 Å². The van der Waals surface area contributed by atoms with Gasteiger partial charge in [0, 0.05) is 12.5 Å². The van der Waals surface area contributed by atoms with Gasteiger partial charge in [0.1, 0.15) is 0 Å². The fourth-order valence-electron chi connectivity index (χ4n) is 2.20.